The van der Waals surface area contributed by atoms with Gasteiger partial charge in [0.25, 0.3) is 10.0 Å². The maximum atomic E-state index is 12.7. The molecule has 1 N–H and O–H groups in total. The van der Waals surface area contributed by atoms with Crippen LogP contribution in [-0.4, -0.2) is 13.4 Å². The minimum atomic E-state index is -3.79. The van der Waals surface area contributed by atoms with Gasteiger partial charge in [0.2, 0.25) is 0 Å². The van der Waals surface area contributed by atoms with E-state index in [1.54, 1.807) is 0 Å². The smallest absolute Gasteiger partial charge is 0.261 e. The Kier molecular flexibility index (Phi) is 3.49. The van der Waals surface area contributed by atoms with E-state index in [1.807, 2.05) is 0 Å². The van der Waals surface area contributed by atoms with Crippen molar-refractivity contribution in [1.82, 2.24) is 4.98 Å². The molecule has 0 radical (unpaired) electrons. The zero-order valence-corrected chi connectivity index (χ0v) is 10.5. The van der Waals surface area contributed by atoms with Crippen LogP contribution < -0.4 is 4.72 Å². The summed E-state index contributed by atoms with van der Waals surface area (Å²) in [5.41, 5.74) is 0.170. The minimum absolute atomic E-state index is 0.0520. The Morgan fingerprint density at radius 2 is 1.83 bits per heavy atom. The highest BCUT2D eigenvalue weighted by Gasteiger charge is 2.15. The lowest BCUT2D eigenvalue weighted by Gasteiger charge is -2.08. The minimum Gasteiger partial charge on any atom is -0.277 e. The first-order valence-corrected chi connectivity index (χ1v) is 6.73. The van der Waals surface area contributed by atoms with Crippen LogP contribution in [0.1, 0.15) is 0 Å². The van der Waals surface area contributed by atoms with Gasteiger partial charge >= 0.3 is 0 Å². The summed E-state index contributed by atoms with van der Waals surface area (Å²) >= 11 is 5.82. The van der Waals surface area contributed by atoms with Crippen molar-refractivity contribution in [2.75, 3.05) is 4.72 Å². The van der Waals surface area contributed by atoms with Gasteiger partial charge in [-0.1, -0.05) is 11.6 Å². The standard InChI is InChI=1S/C11H8ClFN2O2S/c12-10-5-6-14-7-11(10)15-18(16,17)9-3-1-8(13)2-4-9/h1-7,15H. The van der Waals surface area contributed by atoms with Gasteiger partial charge in [-0.25, -0.2) is 12.8 Å². The summed E-state index contributed by atoms with van der Waals surface area (Å²) < 4.78 is 38.9. The van der Waals surface area contributed by atoms with Gasteiger partial charge in [0.15, 0.2) is 0 Å². The lowest BCUT2D eigenvalue weighted by molar-refractivity contribution is 0.599. The van der Waals surface area contributed by atoms with E-state index in [9.17, 15) is 12.8 Å². The Morgan fingerprint density at radius 1 is 1.17 bits per heavy atom. The number of halogens is 2. The van der Waals surface area contributed by atoms with E-state index in [4.69, 9.17) is 11.6 Å². The molecule has 0 aliphatic rings. The predicted octanol–water partition coefficient (Wildman–Crippen LogP) is 2.67. The van der Waals surface area contributed by atoms with E-state index in [0.717, 1.165) is 12.1 Å². The lowest BCUT2D eigenvalue weighted by atomic mass is 10.4. The number of pyridine rings is 1. The van der Waals surface area contributed by atoms with Crippen molar-refractivity contribution in [3.8, 4) is 0 Å². The number of sulfonamides is 1. The van der Waals surface area contributed by atoms with Crippen molar-refractivity contribution in [2.24, 2.45) is 0 Å². The molecule has 2 rings (SSSR count). The molecule has 0 saturated carbocycles. The SMILES string of the molecule is O=S(=O)(Nc1cnccc1Cl)c1ccc(F)cc1. The Hall–Kier alpha value is -1.66. The van der Waals surface area contributed by atoms with Gasteiger partial charge in [-0.15, -0.1) is 0 Å². The molecule has 0 aliphatic heterocycles. The van der Waals surface area contributed by atoms with Crippen molar-refractivity contribution in [2.45, 2.75) is 4.90 Å². The third kappa shape index (κ3) is 2.77. The number of benzene rings is 1. The highest BCUT2D eigenvalue weighted by atomic mass is 35.5. The van der Waals surface area contributed by atoms with Crippen molar-refractivity contribution in [3.05, 3.63) is 53.6 Å². The van der Waals surface area contributed by atoms with Crippen LogP contribution in [0.4, 0.5) is 10.1 Å². The third-order valence-electron chi connectivity index (χ3n) is 2.14. The quantitative estimate of drug-likeness (QED) is 0.944. The van der Waals surface area contributed by atoms with Gasteiger partial charge in [-0.2, -0.15) is 0 Å². The molecule has 0 aliphatic carbocycles. The fourth-order valence-electron chi connectivity index (χ4n) is 1.27. The molecule has 0 saturated heterocycles. The largest absolute Gasteiger partial charge is 0.277 e. The first-order chi connectivity index (χ1) is 8.49. The molecule has 94 valence electrons. The van der Waals surface area contributed by atoms with E-state index in [0.29, 0.717) is 0 Å². The molecule has 1 heterocycles. The molecule has 0 unspecified atom stereocenters. The molecule has 0 spiro atoms. The third-order valence-corrected chi connectivity index (χ3v) is 3.85. The van der Waals surface area contributed by atoms with Gasteiger partial charge in [-0.3, -0.25) is 9.71 Å². The van der Waals surface area contributed by atoms with Crippen molar-refractivity contribution >= 4 is 27.3 Å². The lowest BCUT2D eigenvalue weighted by Crippen LogP contribution is -2.13. The summed E-state index contributed by atoms with van der Waals surface area (Å²) in [6.07, 6.45) is 2.74. The van der Waals surface area contributed by atoms with Gasteiger partial charge < -0.3 is 0 Å². The maximum absolute atomic E-state index is 12.7. The van der Waals surface area contributed by atoms with Crippen molar-refractivity contribution < 1.29 is 12.8 Å². The molecular formula is C11H8ClFN2O2S. The number of nitrogens with one attached hydrogen (secondary N) is 1. The zero-order valence-electron chi connectivity index (χ0n) is 8.97. The van der Waals surface area contributed by atoms with Crippen LogP contribution in [0.3, 0.4) is 0 Å². The van der Waals surface area contributed by atoms with Crippen LogP contribution in [0.15, 0.2) is 47.6 Å². The van der Waals surface area contributed by atoms with Gasteiger partial charge in [-0.05, 0) is 30.3 Å². The maximum Gasteiger partial charge on any atom is 0.261 e. The molecule has 18 heavy (non-hydrogen) atoms. The highest BCUT2D eigenvalue weighted by molar-refractivity contribution is 7.92. The van der Waals surface area contributed by atoms with Crippen LogP contribution >= 0.6 is 11.6 Å². The first kappa shape index (κ1) is 12.8. The molecule has 7 heteroatoms. The van der Waals surface area contributed by atoms with E-state index < -0.39 is 15.8 Å². The summed E-state index contributed by atoms with van der Waals surface area (Å²) in [6, 6.07) is 5.94. The number of hydrogen-bond donors (Lipinski definition) is 1. The Morgan fingerprint density at radius 3 is 2.44 bits per heavy atom. The molecule has 0 fully saturated rings. The molecule has 0 atom stereocenters. The number of aromatic nitrogens is 1. The van der Waals surface area contributed by atoms with Crippen molar-refractivity contribution in [1.29, 1.82) is 0 Å². The van der Waals surface area contributed by atoms with Gasteiger partial charge in [0.05, 0.1) is 21.8 Å². The topological polar surface area (TPSA) is 59.1 Å². The normalized spacial score (nSPS) is 11.2. The fraction of sp³-hybridized carbons (Fsp3) is 0. The number of anilines is 1. The van der Waals surface area contributed by atoms with Crippen LogP contribution in [0, 0.1) is 5.82 Å². The van der Waals surface area contributed by atoms with Gasteiger partial charge in [0.1, 0.15) is 5.82 Å². The fourth-order valence-corrected chi connectivity index (χ4v) is 2.54. The highest BCUT2D eigenvalue weighted by Crippen LogP contribution is 2.22. The summed E-state index contributed by atoms with van der Waals surface area (Å²) in [7, 11) is -3.79. The second kappa shape index (κ2) is 4.91. The summed E-state index contributed by atoms with van der Waals surface area (Å²) in [5, 5.41) is 0.232. The van der Waals surface area contributed by atoms with Crippen LogP contribution in [0.2, 0.25) is 5.02 Å². The molecule has 2 aromatic rings. The number of nitrogens with zero attached hydrogens (tertiary/aromatic N) is 1. The molecule has 0 bridgehead atoms. The molecule has 1 aromatic heterocycles. The van der Waals surface area contributed by atoms with Gasteiger partial charge in [0, 0.05) is 6.20 Å². The second-order valence-corrected chi connectivity index (χ2v) is 5.50. The summed E-state index contributed by atoms with van der Waals surface area (Å²) in [4.78, 5) is 3.71. The Balaban J connectivity index is 2.33. The number of hydrogen-bond acceptors (Lipinski definition) is 3. The molecule has 1 aromatic carbocycles. The average molecular weight is 287 g/mol. The van der Waals surface area contributed by atoms with Crippen LogP contribution in [0.25, 0.3) is 0 Å². The first-order valence-electron chi connectivity index (χ1n) is 4.87. The van der Waals surface area contributed by atoms with E-state index >= 15 is 0 Å². The number of rotatable bonds is 3. The Bertz CT molecular complexity index is 659. The van der Waals surface area contributed by atoms with E-state index in [2.05, 4.69) is 9.71 Å². The second-order valence-electron chi connectivity index (χ2n) is 3.41. The summed E-state index contributed by atoms with van der Waals surface area (Å²) in [5.74, 6) is -0.506. The summed E-state index contributed by atoms with van der Waals surface area (Å²) in [6.45, 7) is 0. The predicted molar refractivity (Wildman–Crippen MR) is 66.5 cm³/mol. The van der Waals surface area contributed by atoms with E-state index in [-0.39, 0.29) is 15.6 Å². The monoisotopic (exact) mass is 286 g/mol. The van der Waals surface area contributed by atoms with E-state index in [1.165, 1.54) is 30.6 Å². The van der Waals surface area contributed by atoms with Crippen LogP contribution in [0.5, 0.6) is 0 Å². The van der Waals surface area contributed by atoms with Crippen LogP contribution in [-0.2, 0) is 10.0 Å². The molecular weight excluding hydrogens is 279 g/mol. The van der Waals surface area contributed by atoms with Crippen molar-refractivity contribution in [3.63, 3.8) is 0 Å². The average Bonchev–Trinajstić information content (AvgIpc) is 2.32. The Labute approximate surface area is 108 Å². The molecule has 4 nitrogen and oxygen atoms in total. The molecule has 0 amide bonds. The zero-order chi connectivity index (χ0) is 13.2.